The minimum atomic E-state index is -0.643. The van der Waals surface area contributed by atoms with Crippen LogP contribution in [0.4, 0.5) is 19.2 Å². The average molecular weight is 886 g/mol. The minimum Gasteiger partial charge on any atom is -0.497 e. The van der Waals surface area contributed by atoms with Crippen molar-refractivity contribution < 1.29 is 47.6 Å². The smallest absolute Gasteiger partial charge is 0.410 e. The zero-order valence-corrected chi connectivity index (χ0v) is 38.8. The van der Waals surface area contributed by atoms with Gasteiger partial charge < -0.3 is 53.3 Å². The third-order valence-corrected chi connectivity index (χ3v) is 9.99. The number of amides is 4. The number of carbonyl (C=O) groups is 4. The van der Waals surface area contributed by atoms with Gasteiger partial charge in [0.2, 0.25) is 0 Å². The zero-order chi connectivity index (χ0) is 45.4. The minimum absolute atomic E-state index is 0. The van der Waals surface area contributed by atoms with Crippen LogP contribution in [0.1, 0.15) is 118 Å². The van der Waals surface area contributed by atoms with Gasteiger partial charge in [-0.15, -0.1) is 0 Å². The third kappa shape index (κ3) is 22.8. The van der Waals surface area contributed by atoms with Crippen LogP contribution in [0.2, 0.25) is 0 Å². The van der Waals surface area contributed by atoms with Crippen molar-refractivity contribution in [1.82, 2.24) is 24.9 Å². The van der Waals surface area contributed by atoms with Gasteiger partial charge in [0.1, 0.15) is 35.9 Å². The fourth-order valence-electron chi connectivity index (χ4n) is 6.71. The molecule has 2 aromatic carbocycles. The summed E-state index contributed by atoms with van der Waals surface area (Å²) < 4.78 is 32.7. The Balaban J connectivity index is 0.000000572. The maximum absolute atomic E-state index is 13.1. The van der Waals surface area contributed by atoms with Crippen LogP contribution in [0.3, 0.4) is 0 Å². The molecule has 2 heterocycles. The molecule has 2 saturated heterocycles. The molecule has 2 aliphatic rings. The molecule has 2 fully saturated rings. The van der Waals surface area contributed by atoms with Crippen molar-refractivity contribution in [1.29, 1.82) is 0 Å². The lowest BCUT2D eigenvalue weighted by Crippen LogP contribution is -2.43. The van der Waals surface area contributed by atoms with Gasteiger partial charge in [0, 0.05) is 52.4 Å². The van der Waals surface area contributed by atoms with E-state index in [-0.39, 0.29) is 26.7 Å². The van der Waals surface area contributed by atoms with Crippen molar-refractivity contribution >= 4 is 24.4 Å². The summed E-state index contributed by atoms with van der Waals surface area (Å²) in [5.74, 6) is 1.44. The highest BCUT2D eigenvalue weighted by Gasteiger charge is 2.26. The molecule has 356 valence electrons. The Morgan fingerprint density at radius 3 is 1.16 bits per heavy atom. The molecule has 15 heteroatoms. The van der Waals surface area contributed by atoms with Crippen LogP contribution < -0.4 is 14.8 Å². The van der Waals surface area contributed by atoms with E-state index in [0.29, 0.717) is 58.5 Å². The van der Waals surface area contributed by atoms with Gasteiger partial charge in [-0.05, 0) is 129 Å². The molecule has 1 N–H and O–H groups in total. The molecule has 0 saturated carbocycles. The van der Waals surface area contributed by atoms with Crippen LogP contribution in [0.5, 0.6) is 11.5 Å². The predicted octanol–water partition coefficient (Wildman–Crippen LogP) is 9.51. The Morgan fingerprint density at radius 1 is 0.460 bits per heavy atom. The van der Waals surface area contributed by atoms with Gasteiger partial charge >= 0.3 is 24.4 Å². The summed E-state index contributed by atoms with van der Waals surface area (Å²) in [4.78, 5) is 58.0. The van der Waals surface area contributed by atoms with E-state index >= 15 is 0 Å². The number of carbonyl (C=O) groups excluding carboxylic acids is 4. The van der Waals surface area contributed by atoms with Gasteiger partial charge in [-0.2, -0.15) is 0 Å². The highest BCUT2D eigenvalue weighted by Crippen LogP contribution is 2.17. The average Bonchev–Trinajstić information content (AvgIpc) is 3.21. The second kappa shape index (κ2) is 28.7. The first kappa shape index (κ1) is 54.2. The molecule has 0 spiro atoms. The lowest BCUT2D eigenvalue weighted by Gasteiger charge is -2.31. The molecule has 0 aliphatic carbocycles. The summed E-state index contributed by atoms with van der Waals surface area (Å²) in [6.07, 6.45) is 7.30. The summed E-state index contributed by atoms with van der Waals surface area (Å²) in [6, 6.07) is 14.6. The maximum Gasteiger partial charge on any atom is 0.410 e. The molecule has 4 rings (SSSR count). The topological polar surface area (TPSA) is 149 Å². The lowest BCUT2D eigenvalue weighted by molar-refractivity contribution is 0.0224. The fraction of sp³-hybridized carbons (Fsp3) is 0.667. The summed E-state index contributed by atoms with van der Waals surface area (Å²) in [5.41, 5.74) is 0.629. The van der Waals surface area contributed by atoms with Crippen molar-refractivity contribution in [3.05, 3.63) is 59.7 Å². The molecule has 0 bridgehead atoms. The van der Waals surface area contributed by atoms with E-state index in [2.05, 4.69) is 5.32 Å². The van der Waals surface area contributed by atoms with Gasteiger partial charge in [0.25, 0.3) is 0 Å². The predicted molar refractivity (Wildman–Crippen MR) is 246 cm³/mol. The van der Waals surface area contributed by atoms with Crippen LogP contribution >= 0.6 is 0 Å². The SMILES string of the molecule is C.CC(C)(C)OC(=O)N1CCCCCCCNCCC1.COc1ccc(COC(=O)N2CCCN(C(=O)OCc3ccc(OC)cc3)CCCN(C(=O)OC(C)(C)C)CCC2)cc1. The quantitative estimate of drug-likeness (QED) is 0.277. The van der Waals surface area contributed by atoms with Crippen molar-refractivity contribution in [2.45, 2.75) is 131 Å². The molecule has 0 atom stereocenters. The monoisotopic (exact) mass is 886 g/mol. The molecule has 63 heavy (non-hydrogen) atoms. The number of nitrogens with zero attached hydrogens (tertiary/aromatic N) is 4. The highest BCUT2D eigenvalue weighted by molar-refractivity contribution is 5.69. The van der Waals surface area contributed by atoms with E-state index in [1.165, 1.54) is 25.7 Å². The van der Waals surface area contributed by atoms with E-state index in [9.17, 15) is 19.2 Å². The molecule has 0 aromatic heterocycles. The van der Waals surface area contributed by atoms with E-state index in [0.717, 1.165) is 61.6 Å². The van der Waals surface area contributed by atoms with E-state index in [4.69, 9.17) is 28.4 Å². The Hall–Kier alpha value is -4.92. The van der Waals surface area contributed by atoms with Gasteiger partial charge in [0.05, 0.1) is 14.2 Å². The molecular formula is C48H79N5O10. The lowest BCUT2D eigenvalue weighted by atomic mass is 10.1. The van der Waals surface area contributed by atoms with E-state index < -0.39 is 29.5 Å². The maximum atomic E-state index is 13.1. The van der Waals surface area contributed by atoms with Crippen molar-refractivity contribution in [2.24, 2.45) is 0 Å². The van der Waals surface area contributed by atoms with Crippen LogP contribution in [0.25, 0.3) is 0 Å². The zero-order valence-electron chi connectivity index (χ0n) is 38.8. The van der Waals surface area contributed by atoms with Gasteiger partial charge in [-0.3, -0.25) is 0 Å². The normalized spacial score (nSPS) is 16.4. The van der Waals surface area contributed by atoms with Crippen LogP contribution in [-0.4, -0.2) is 135 Å². The first-order valence-corrected chi connectivity index (χ1v) is 22.3. The number of methoxy groups -OCH3 is 2. The van der Waals surface area contributed by atoms with E-state index in [1.807, 2.05) is 95.0 Å². The fourth-order valence-corrected chi connectivity index (χ4v) is 6.71. The van der Waals surface area contributed by atoms with Gasteiger partial charge in [-0.1, -0.05) is 51.0 Å². The summed E-state index contributed by atoms with van der Waals surface area (Å²) in [6.45, 7) is 17.5. The second-order valence-corrected chi connectivity index (χ2v) is 17.6. The van der Waals surface area contributed by atoms with Crippen LogP contribution in [-0.2, 0) is 32.2 Å². The van der Waals surface area contributed by atoms with Crippen molar-refractivity contribution in [2.75, 3.05) is 79.7 Å². The highest BCUT2D eigenvalue weighted by atomic mass is 16.6. The Labute approximate surface area is 378 Å². The molecular weight excluding hydrogens is 807 g/mol. The first-order chi connectivity index (χ1) is 29.6. The largest absolute Gasteiger partial charge is 0.497 e. The Kier molecular flexibility index (Phi) is 24.7. The third-order valence-electron chi connectivity index (χ3n) is 9.99. The Bertz CT molecular complexity index is 1520. The molecule has 15 nitrogen and oxygen atoms in total. The standard InChI is InChI=1S/C32H45N3O8.C15H30N2O2.CH4/c1-32(2,3)43-31(38)35-21-7-19-33(29(36)41-23-25-9-13-27(39-4)14-10-25)17-6-18-34(20-8-22-35)30(37)42-24-26-11-15-28(40-5)16-12-26;1-15(2,3)19-14(18)17-12-8-6-4-5-7-10-16-11-9-13-17;/h9-16H,6-8,17-24H2,1-5H3;16H,4-13H2,1-3H3;1H4. The van der Waals surface area contributed by atoms with Crippen LogP contribution in [0, 0.1) is 0 Å². The number of benzene rings is 2. The number of nitrogens with one attached hydrogen (secondary N) is 1. The number of hydrogen-bond acceptors (Lipinski definition) is 11. The van der Waals surface area contributed by atoms with Crippen LogP contribution in [0.15, 0.2) is 48.5 Å². The number of ether oxygens (including phenoxy) is 6. The number of rotatable bonds is 6. The van der Waals surface area contributed by atoms with Gasteiger partial charge in [-0.25, -0.2) is 19.2 Å². The molecule has 0 radical (unpaired) electrons. The Morgan fingerprint density at radius 2 is 0.778 bits per heavy atom. The van der Waals surface area contributed by atoms with Crippen molar-refractivity contribution in [3.8, 4) is 11.5 Å². The summed E-state index contributed by atoms with van der Waals surface area (Å²) >= 11 is 0. The second-order valence-electron chi connectivity index (χ2n) is 17.6. The van der Waals surface area contributed by atoms with E-state index in [1.54, 1.807) is 28.9 Å². The number of hydrogen-bond donors (Lipinski definition) is 1. The molecule has 0 unspecified atom stereocenters. The molecule has 2 aliphatic heterocycles. The van der Waals surface area contributed by atoms with Gasteiger partial charge in [0.15, 0.2) is 0 Å². The summed E-state index contributed by atoms with van der Waals surface area (Å²) in [7, 11) is 3.19. The van der Waals surface area contributed by atoms with Crippen molar-refractivity contribution in [3.63, 3.8) is 0 Å². The molecule has 2 aromatic rings. The molecule has 4 amide bonds. The summed E-state index contributed by atoms with van der Waals surface area (Å²) in [5, 5.41) is 3.43. The first-order valence-electron chi connectivity index (χ1n) is 22.3.